The van der Waals surface area contributed by atoms with Crippen molar-refractivity contribution >= 4 is 29.1 Å². The lowest BCUT2D eigenvalue weighted by Crippen LogP contribution is -2.04. The molecule has 2 heterocycles. The van der Waals surface area contributed by atoms with E-state index < -0.39 is 0 Å². The van der Waals surface area contributed by atoms with Crippen molar-refractivity contribution in [2.75, 3.05) is 12.9 Å². The fourth-order valence-corrected chi connectivity index (χ4v) is 3.15. The molecule has 0 saturated carbocycles. The van der Waals surface area contributed by atoms with Gasteiger partial charge in [-0.25, -0.2) is 0 Å². The number of carbonyl (C=O) groups excluding carboxylic acids is 1. The second kappa shape index (κ2) is 6.16. The summed E-state index contributed by atoms with van der Waals surface area (Å²) in [5, 5.41) is 13.3. The van der Waals surface area contributed by atoms with Gasteiger partial charge in [-0.05, 0) is 19.9 Å². The first-order valence-electron chi connectivity index (χ1n) is 5.69. The van der Waals surface area contributed by atoms with Crippen molar-refractivity contribution in [3.63, 3.8) is 0 Å². The van der Waals surface area contributed by atoms with Crippen LogP contribution in [0, 0.1) is 0 Å². The summed E-state index contributed by atoms with van der Waals surface area (Å²) in [4.78, 5) is 11.1. The third-order valence-electron chi connectivity index (χ3n) is 2.33. The minimum atomic E-state index is -0.269. The Morgan fingerprint density at radius 2 is 2.32 bits per heavy atom. The van der Waals surface area contributed by atoms with Gasteiger partial charge in [-0.1, -0.05) is 23.1 Å². The monoisotopic (exact) mass is 298 g/mol. The second-order valence-corrected chi connectivity index (χ2v) is 6.19. The van der Waals surface area contributed by atoms with E-state index >= 15 is 0 Å². The summed E-state index contributed by atoms with van der Waals surface area (Å²) in [7, 11) is 1.37. The lowest BCUT2D eigenvalue weighted by atomic mass is 10.3. The molecule has 0 N–H and O–H groups in total. The molecule has 0 aromatic carbocycles. The van der Waals surface area contributed by atoms with Gasteiger partial charge < -0.3 is 4.74 Å². The van der Waals surface area contributed by atoms with Gasteiger partial charge in [-0.2, -0.15) is 5.10 Å². The van der Waals surface area contributed by atoms with Gasteiger partial charge in [0.2, 0.25) is 0 Å². The first kappa shape index (κ1) is 14.0. The quantitative estimate of drug-likeness (QED) is 0.623. The van der Waals surface area contributed by atoms with Gasteiger partial charge >= 0.3 is 5.97 Å². The SMILES string of the molecule is COC(=O)CSc1nnc(-c2ccnn2C(C)C)s1. The van der Waals surface area contributed by atoms with Crippen molar-refractivity contribution in [1.29, 1.82) is 0 Å². The number of carbonyl (C=O) groups is 1. The second-order valence-electron chi connectivity index (χ2n) is 3.99. The van der Waals surface area contributed by atoms with Gasteiger partial charge in [0, 0.05) is 12.2 Å². The van der Waals surface area contributed by atoms with Gasteiger partial charge in [0.05, 0.1) is 18.6 Å². The molecule has 0 radical (unpaired) electrons. The maximum Gasteiger partial charge on any atom is 0.316 e. The number of nitrogens with zero attached hydrogens (tertiary/aromatic N) is 4. The normalized spacial score (nSPS) is 10.9. The molecule has 102 valence electrons. The largest absolute Gasteiger partial charge is 0.468 e. The van der Waals surface area contributed by atoms with Gasteiger partial charge in [0.25, 0.3) is 0 Å². The highest BCUT2D eigenvalue weighted by molar-refractivity contribution is 8.01. The van der Waals surface area contributed by atoms with E-state index in [0.717, 1.165) is 15.0 Å². The number of thioether (sulfide) groups is 1. The summed E-state index contributed by atoms with van der Waals surface area (Å²) in [6.07, 6.45) is 1.75. The Morgan fingerprint density at radius 1 is 1.53 bits per heavy atom. The average Bonchev–Trinajstić information content (AvgIpc) is 3.03. The Balaban J connectivity index is 2.12. The number of hydrogen-bond donors (Lipinski definition) is 0. The zero-order valence-electron chi connectivity index (χ0n) is 10.9. The lowest BCUT2D eigenvalue weighted by Gasteiger charge is -2.07. The van der Waals surface area contributed by atoms with Crippen LogP contribution < -0.4 is 0 Å². The van der Waals surface area contributed by atoms with Crippen molar-refractivity contribution in [2.45, 2.75) is 24.2 Å². The summed E-state index contributed by atoms with van der Waals surface area (Å²) in [5.41, 5.74) is 0.942. The van der Waals surface area contributed by atoms with Crippen molar-refractivity contribution in [2.24, 2.45) is 0 Å². The van der Waals surface area contributed by atoms with Crippen molar-refractivity contribution in [3.05, 3.63) is 12.3 Å². The smallest absolute Gasteiger partial charge is 0.316 e. The van der Waals surface area contributed by atoms with Gasteiger partial charge in [-0.3, -0.25) is 9.48 Å². The van der Waals surface area contributed by atoms with E-state index in [-0.39, 0.29) is 17.8 Å². The summed E-state index contributed by atoms with van der Waals surface area (Å²) in [6.45, 7) is 4.12. The predicted molar refractivity (Wildman–Crippen MR) is 74.3 cm³/mol. The Morgan fingerprint density at radius 3 is 3.00 bits per heavy atom. The molecular formula is C11H14N4O2S2. The molecule has 2 aromatic rings. The first-order chi connectivity index (χ1) is 9.11. The van der Waals surface area contributed by atoms with Crippen LogP contribution in [0.3, 0.4) is 0 Å². The molecule has 0 fully saturated rings. The molecule has 8 heteroatoms. The van der Waals surface area contributed by atoms with Crippen LogP contribution in [0.4, 0.5) is 0 Å². The number of esters is 1. The molecule has 19 heavy (non-hydrogen) atoms. The van der Waals surface area contributed by atoms with E-state index in [1.165, 1.54) is 30.2 Å². The van der Waals surface area contributed by atoms with E-state index in [1.807, 2.05) is 10.7 Å². The van der Waals surface area contributed by atoms with Crippen LogP contribution in [0.15, 0.2) is 16.6 Å². The van der Waals surface area contributed by atoms with E-state index in [4.69, 9.17) is 0 Å². The van der Waals surface area contributed by atoms with E-state index in [1.54, 1.807) is 6.20 Å². The molecule has 0 amide bonds. The van der Waals surface area contributed by atoms with Crippen molar-refractivity contribution < 1.29 is 9.53 Å². The van der Waals surface area contributed by atoms with E-state index in [0.29, 0.717) is 0 Å². The maximum atomic E-state index is 11.1. The summed E-state index contributed by atoms with van der Waals surface area (Å²) in [6, 6.07) is 2.18. The highest BCUT2D eigenvalue weighted by Gasteiger charge is 2.14. The van der Waals surface area contributed by atoms with Crippen LogP contribution in [-0.4, -0.2) is 38.8 Å². The van der Waals surface area contributed by atoms with Crippen LogP contribution in [0.2, 0.25) is 0 Å². The van der Waals surface area contributed by atoms with Crippen LogP contribution in [0.25, 0.3) is 10.7 Å². The number of hydrogen-bond acceptors (Lipinski definition) is 7. The molecule has 6 nitrogen and oxygen atoms in total. The molecule has 0 saturated heterocycles. The van der Waals surface area contributed by atoms with Crippen LogP contribution in [-0.2, 0) is 9.53 Å². The van der Waals surface area contributed by atoms with Gasteiger partial charge in [0.15, 0.2) is 9.35 Å². The molecule has 0 aliphatic carbocycles. The Kier molecular flexibility index (Phi) is 4.54. The highest BCUT2D eigenvalue weighted by atomic mass is 32.2. The maximum absolute atomic E-state index is 11.1. The molecular weight excluding hydrogens is 284 g/mol. The number of rotatable bonds is 5. The summed E-state index contributed by atoms with van der Waals surface area (Å²) < 4.78 is 7.23. The zero-order chi connectivity index (χ0) is 13.8. The average molecular weight is 298 g/mol. The minimum absolute atomic E-state index is 0.245. The zero-order valence-corrected chi connectivity index (χ0v) is 12.5. The lowest BCUT2D eigenvalue weighted by molar-refractivity contribution is -0.137. The highest BCUT2D eigenvalue weighted by Crippen LogP contribution is 2.30. The molecule has 0 unspecified atom stereocenters. The molecule has 2 aromatic heterocycles. The topological polar surface area (TPSA) is 69.9 Å². The number of aromatic nitrogens is 4. The van der Waals surface area contributed by atoms with Crippen molar-refractivity contribution in [1.82, 2.24) is 20.0 Å². The summed E-state index contributed by atoms with van der Waals surface area (Å²) >= 11 is 2.77. The van der Waals surface area contributed by atoms with Gasteiger partial charge in [0.1, 0.15) is 0 Å². The third-order valence-corrected chi connectivity index (χ3v) is 4.38. The molecule has 2 rings (SSSR count). The van der Waals surface area contributed by atoms with Crippen LogP contribution >= 0.6 is 23.1 Å². The molecule has 0 aliphatic heterocycles. The number of ether oxygens (including phenoxy) is 1. The Hall–Kier alpha value is -1.41. The third kappa shape index (κ3) is 3.32. The predicted octanol–water partition coefficient (Wildman–Crippen LogP) is 2.25. The summed E-state index contributed by atoms with van der Waals surface area (Å²) in [5.74, 6) is -0.0249. The molecule has 0 spiro atoms. The molecule has 0 aliphatic rings. The molecule has 0 bridgehead atoms. The van der Waals surface area contributed by atoms with Crippen molar-refractivity contribution in [3.8, 4) is 10.7 Å². The number of methoxy groups -OCH3 is 1. The minimum Gasteiger partial charge on any atom is -0.468 e. The fourth-order valence-electron chi connectivity index (χ4n) is 1.45. The first-order valence-corrected chi connectivity index (χ1v) is 7.49. The molecule has 0 atom stereocenters. The Bertz CT molecular complexity index is 565. The van der Waals surface area contributed by atoms with Crippen LogP contribution in [0.1, 0.15) is 19.9 Å². The van der Waals surface area contributed by atoms with Crippen LogP contribution in [0.5, 0.6) is 0 Å². The van der Waals surface area contributed by atoms with E-state index in [9.17, 15) is 4.79 Å². The standard InChI is InChI=1S/C11H14N4O2S2/c1-7(2)15-8(4-5-12-15)10-13-14-11(19-10)18-6-9(16)17-3/h4-5,7H,6H2,1-3H3. The van der Waals surface area contributed by atoms with Gasteiger partial charge in [-0.15, -0.1) is 10.2 Å². The van der Waals surface area contributed by atoms with E-state index in [2.05, 4.69) is 33.9 Å². The Labute approximate surface area is 119 Å². The fraction of sp³-hybridized carbons (Fsp3) is 0.455.